The molecule has 0 unspecified atom stereocenters. The summed E-state index contributed by atoms with van der Waals surface area (Å²) in [7, 11) is 1.55. The van der Waals surface area contributed by atoms with Crippen LogP contribution < -0.4 is 4.90 Å². The Morgan fingerprint density at radius 1 is 1.35 bits per heavy atom. The van der Waals surface area contributed by atoms with Crippen LogP contribution in [0.15, 0.2) is 18.2 Å². The van der Waals surface area contributed by atoms with Crippen LogP contribution in [0.5, 0.6) is 0 Å². The van der Waals surface area contributed by atoms with Crippen molar-refractivity contribution in [1.82, 2.24) is 4.90 Å². The van der Waals surface area contributed by atoms with E-state index in [1.165, 1.54) is 28.0 Å². The fraction of sp³-hybridized carbons (Fsp3) is 0.357. The molecule has 0 aliphatic carbocycles. The third-order valence-corrected chi connectivity index (χ3v) is 3.32. The Bertz CT molecular complexity index is 583. The molecule has 0 fully saturated rings. The quantitative estimate of drug-likeness (QED) is 0.900. The summed E-state index contributed by atoms with van der Waals surface area (Å²) in [5.74, 6) is -1.56. The van der Waals surface area contributed by atoms with Gasteiger partial charge in [-0.3, -0.25) is 9.59 Å². The van der Waals surface area contributed by atoms with Crippen molar-refractivity contribution in [2.24, 2.45) is 0 Å². The van der Waals surface area contributed by atoms with Gasteiger partial charge in [-0.1, -0.05) is 6.92 Å². The summed E-state index contributed by atoms with van der Waals surface area (Å²) in [5, 5.41) is 9.01. The highest BCUT2D eigenvalue weighted by atomic mass is 16.4. The van der Waals surface area contributed by atoms with Crippen molar-refractivity contribution in [2.75, 3.05) is 25.0 Å². The number of carbonyl (C=O) groups is 3. The standard InChI is InChI=1S/C14H16N2O4/c1-3-6-16-8-12(17)15(2)11-7-9(14(19)20)4-5-10(11)13(16)18/h4-5,7H,3,6,8H2,1-2H3,(H,19,20). The summed E-state index contributed by atoms with van der Waals surface area (Å²) in [6, 6.07) is 4.22. The zero-order chi connectivity index (χ0) is 14.9. The second-order valence-corrected chi connectivity index (χ2v) is 4.72. The highest BCUT2D eigenvalue weighted by molar-refractivity contribution is 6.10. The first-order valence-corrected chi connectivity index (χ1v) is 6.39. The molecule has 0 bridgehead atoms. The third kappa shape index (κ3) is 2.36. The largest absolute Gasteiger partial charge is 0.478 e. The van der Waals surface area contributed by atoms with E-state index in [4.69, 9.17) is 5.11 Å². The molecule has 6 nitrogen and oxygen atoms in total. The van der Waals surface area contributed by atoms with Crippen molar-refractivity contribution < 1.29 is 19.5 Å². The zero-order valence-corrected chi connectivity index (χ0v) is 11.4. The van der Waals surface area contributed by atoms with Gasteiger partial charge in [-0.05, 0) is 24.6 Å². The van der Waals surface area contributed by atoms with Gasteiger partial charge in [0.15, 0.2) is 0 Å². The van der Waals surface area contributed by atoms with Gasteiger partial charge >= 0.3 is 5.97 Å². The molecule has 1 aliphatic rings. The Balaban J connectivity index is 2.54. The van der Waals surface area contributed by atoms with Crippen LogP contribution >= 0.6 is 0 Å². The molecule has 2 rings (SSSR count). The Morgan fingerprint density at radius 3 is 2.65 bits per heavy atom. The lowest BCUT2D eigenvalue weighted by Crippen LogP contribution is -2.38. The molecule has 1 N–H and O–H groups in total. The fourth-order valence-electron chi connectivity index (χ4n) is 2.22. The van der Waals surface area contributed by atoms with Gasteiger partial charge in [-0.15, -0.1) is 0 Å². The van der Waals surface area contributed by atoms with Gasteiger partial charge in [0.25, 0.3) is 5.91 Å². The highest BCUT2D eigenvalue weighted by Crippen LogP contribution is 2.26. The summed E-state index contributed by atoms with van der Waals surface area (Å²) in [6.45, 7) is 2.44. The molecule has 0 radical (unpaired) electrons. The van der Waals surface area contributed by atoms with Crippen LogP contribution in [0, 0.1) is 0 Å². The maximum Gasteiger partial charge on any atom is 0.335 e. The first kappa shape index (κ1) is 14.0. The van der Waals surface area contributed by atoms with Gasteiger partial charge in [-0.25, -0.2) is 4.79 Å². The minimum atomic E-state index is -1.09. The van der Waals surface area contributed by atoms with E-state index in [9.17, 15) is 14.4 Å². The predicted octanol–water partition coefficient (Wildman–Crippen LogP) is 1.21. The van der Waals surface area contributed by atoms with E-state index in [0.29, 0.717) is 17.8 Å². The molecule has 20 heavy (non-hydrogen) atoms. The van der Waals surface area contributed by atoms with Crippen LogP contribution in [0.4, 0.5) is 5.69 Å². The average molecular weight is 276 g/mol. The van der Waals surface area contributed by atoms with Crippen molar-refractivity contribution in [3.63, 3.8) is 0 Å². The molecule has 1 aromatic rings. The molecule has 2 amide bonds. The Kier molecular flexibility index (Phi) is 3.74. The molecule has 0 atom stereocenters. The van der Waals surface area contributed by atoms with E-state index in [2.05, 4.69) is 0 Å². The Hall–Kier alpha value is -2.37. The number of carboxylic acids is 1. The number of rotatable bonds is 3. The lowest BCUT2D eigenvalue weighted by Gasteiger charge is -2.18. The topological polar surface area (TPSA) is 77.9 Å². The van der Waals surface area contributed by atoms with Crippen LogP contribution in [0.2, 0.25) is 0 Å². The SMILES string of the molecule is CCCN1CC(=O)N(C)c2cc(C(=O)O)ccc2C1=O. The van der Waals surface area contributed by atoms with Gasteiger partial charge in [-0.2, -0.15) is 0 Å². The van der Waals surface area contributed by atoms with Crippen molar-refractivity contribution in [3.8, 4) is 0 Å². The summed E-state index contributed by atoms with van der Waals surface area (Å²) < 4.78 is 0. The molecule has 0 spiro atoms. The van der Waals surface area contributed by atoms with Gasteiger partial charge in [0, 0.05) is 13.6 Å². The maximum atomic E-state index is 12.4. The van der Waals surface area contributed by atoms with Gasteiger partial charge in [0.1, 0.15) is 6.54 Å². The van der Waals surface area contributed by atoms with E-state index in [1.807, 2.05) is 6.92 Å². The highest BCUT2D eigenvalue weighted by Gasteiger charge is 2.29. The average Bonchev–Trinajstić information content (AvgIpc) is 2.51. The van der Waals surface area contributed by atoms with Crippen LogP contribution in [-0.2, 0) is 4.79 Å². The van der Waals surface area contributed by atoms with Crippen molar-refractivity contribution in [3.05, 3.63) is 29.3 Å². The number of amides is 2. The van der Waals surface area contributed by atoms with E-state index in [0.717, 1.165) is 6.42 Å². The van der Waals surface area contributed by atoms with Gasteiger partial charge in [0.2, 0.25) is 5.91 Å². The van der Waals surface area contributed by atoms with Gasteiger partial charge < -0.3 is 14.9 Å². The molecular formula is C14H16N2O4. The fourth-order valence-corrected chi connectivity index (χ4v) is 2.22. The number of fused-ring (bicyclic) bond motifs is 1. The second-order valence-electron chi connectivity index (χ2n) is 4.72. The Labute approximate surface area is 116 Å². The number of hydrogen-bond donors (Lipinski definition) is 1. The third-order valence-electron chi connectivity index (χ3n) is 3.32. The smallest absolute Gasteiger partial charge is 0.335 e. The number of aromatic carboxylic acids is 1. The van der Waals surface area contributed by atoms with Gasteiger partial charge in [0.05, 0.1) is 16.8 Å². The van der Waals surface area contributed by atoms with E-state index >= 15 is 0 Å². The summed E-state index contributed by atoms with van der Waals surface area (Å²) >= 11 is 0. The molecule has 1 aromatic carbocycles. The number of carbonyl (C=O) groups excluding carboxylic acids is 2. The first-order chi connectivity index (χ1) is 9.45. The van der Waals surface area contributed by atoms with E-state index < -0.39 is 5.97 Å². The molecule has 1 aliphatic heterocycles. The van der Waals surface area contributed by atoms with Crippen LogP contribution in [-0.4, -0.2) is 47.9 Å². The van der Waals surface area contributed by atoms with Crippen LogP contribution in [0.1, 0.15) is 34.1 Å². The molecular weight excluding hydrogens is 260 g/mol. The van der Waals surface area contributed by atoms with Crippen molar-refractivity contribution >= 4 is 23.5 Å². The number of likely N-dealkylation sites (N-methyl/N-ethyl adjacent to an activating group) is 1. The maximum absolute atomic E-state index is 12.4. The molecule has 106 valence electrons. The molecule has 0 saturated carbocycles. The summed E-state index contributed by atoms with van der Waals surface area (Å²) in [5.41, 5.74) is 0.760. The van der Waals surface area contributed by atoms with E-state index in [-0.39, 0.29) is 23.9 Å². The molecule has 0 saturated heterocycles. The number of nitrogens with zero attached hydrogens (tertiary/aromatic N) is 2. The van der Waals surface area contributed by atoms with Crippen LogP contribution in [0.25, 0.3) is 0 Å². The number of anilines is 1. The lowest BCUT2D eigenvalue weighted by molar-refractivity contribution is -0.118. The van der Waals surface area contributed by atoms with Crippen LogP contribution in [0.3, 0.4) is 0 Å². The second kappa shape index (κ2) is 5.32. The zero-order valence-electron chi connectivity index (χ0n) is 11.4. The number of hydrogen-bond acceptors (Lipinski definition) is 3. The number of benzene rings is 1. The lowest BCUT2D eigenvalue weighted by atomic mass is 10.1. The van der Waals surface area contributed by atoms with Crippen molar-refractivity contribution in [2.45, 2.75) is 13.3 Å². The van der Waals surface area contributed by atoms with Crippen molar-refractivity contribution in [1.29, 1.82) is 0 Å². The minimum absolute atomic E-state index is 0.0141. The number of carboxylic acid groups (broad SMARTS) is 1. The van der Waals surface area contributed by atoms with E-state index in [1.54, 1.807) is 7.05 Å². The molecule has 0 aromatic heterocycles. The Morgan fingerprint density at radius 2 is 2.05 bits per heavy atom. The summed E-state index contributed by atoms with van der Waals surface area (Å²) in [6.07, 6.45) is 0.755. The normalized spacial score (nSPS) is 15.1. The first-order valence-electron chi connectivity index (χ1n) is 6.39. The monoisotopic (exact) mass is 276 g/mol. The summed E-state index contributed by atoms with van der Waals surface area (Å²) in [4.78, 5) is 38.3. The molecule has 1 heterocycles. The minimum Gasteiger partial charge on any atom is -0.478 e. The predicted molar refractivity (Wildman–Crippen MR) is 73.0 cm³/mol. The molecule has 6 heteroatoms.